The molecule has 0 aromatic rings. The highest BCUT2D eigenvalue weighted by molar-refractivity contribution is 5.81. The highest BCUT2D eigenvalue weighted by atomic mass is 19.3. The van der Waals surface area contributed by atoms with E-state index in [0.29, 0.717) is 17.8 Å². The quantitative estimate of drug-likeness (QED) is 0.716. The van der Waals surface area contributed by atoms with Gasteiger partial charge in [0, 0.05) is 0 Å². The fourth-order valence-corrected chi connectivity index (χ4v) is 5.48. The number of halogens is 2. The average Bonchev–Trinajstić information content (AvgIpc) is 2.49. The normalized spacial score (nSPS) is 35.8. The predicted octanol–water partition coefficient (Wildman–Crippen LogP) is 3.58. The van der Waals surface area contributed by atoms with Crippen LogP contribution in [0.1, 0.15) is 52.4 Å². The SMILES string of the molecule is COC(=O)C(F)(F)C(OC(=O)C12CC3CC(CC(C3)C1)C2)C(C)C. The topological polar surface area (TPSA) is 52.6 Å². The third-order valence-corrected chi connectivity index (χ3v) is 6.13. The van der Waals surface area contributed by atoms with Crippen LogP contribution in [-0.2, 0) is 19.1 Å². The van der Waals surface area contributed by atoms with Crippen molar-refractivity contribution >= 4 is 11.9 Å². The molecule has 0 aromatic carbocycles. The van der Waals surface area contributed by atoms with E-state index in [2.05, 4.69) is 4.74 Å². The van der Waals surface area contributed by atoms with Gasteiger partial charge in [-0.3, -0.25) is 4.79 Å². The monoisotopic (exact) mass is 344 g/mol. The highest BCUT2D eigenvalue weighted by Gasteiger charge is 2.58. The van der Waals surface area contributed by atoms with Gasteiger partial charge in [0.1, 0.15) is 0 Å². The van der Waals surface area contributed by atoms with Gasteiger partial charge < -0.3 is 9.47 Å². The molecule has 0 aliphatic heterocycles. The summed E-state index contributed by atoms with van der Waals surface area (Å²) in [7, 11) is 0.911. The number of ether oxygens (including phenoxy) is 2. The van der Waals surface area contributed by atoms with Crippen LogP contribution in [-0.4, -0.2) is 31.1 Å². The number of esters is 2. The predicted molar refractivity (Wildman–Crippen MR) is 82.3 cm³/mol. The molecule has 0 aromatic heterocycles. The second-order valence-corrected chi connectivity index (χ2v) is 8.38. The molecule has 0 radical (unpaired) electrons. The first-order valence-corrected chi connectivity index (χ1v) is 8.85. The molecule has 4 rings (SSSR count). The first-order valence-electron chi connectivity index (χ1n) is 8.85. The largest absolute Gasteiger partial charge is 0.464 e. The molecule has 4 aliphatic rings. The molecule has 0 spiro atoms. The first-order chi connectivity index (χ1) is 11.2. The zero-order valence-electron chi connectivity index (χ0n) is 14.5. The van der Waals surface area contributed by atoms with Crippen LogP contribution >= 0.6 is 0 Å². The molecule has 0 amide bonds. The Balaban J connectivity index is 1.78. The van der Waals surface area contributed by atoms with Gasteiger partial charge in [-0.2, -0.15) is 8.78 Å². The van der Waals surface area contributed by atoms with Crippen LogP contribution in [0.3, 0.4) is 0 Å². The van der Waals surface area contributed by atoms with E-state index in [4.69, 9.17) is 4.74 Å². The molecular weight excluding hydrogens is 318 g/mol. The standard InChI is InChI=1S/C18H26F2O4/c1-10(2)14(18(19,20)16(22)23-3)24-15(21)17-7-11-4-12(8-17)6-13(5-11)9-17/h10-14H,4-9H2,1-3H3. The molecule has 4 nitrogen and oxygen atoms in total. The molecular formula is C18H26F2O4. The first kappa shape index (κ1) is 17.6. The zero-order valence-corrected chi connectivity index (χ0v) is 14.5. The fourth-order valence-electron chi connectivity index (χ4n) is 5.48. The summed E-state index contributed by atoms with van der Waals surface area (Å²) in [6, 6.07) is 0. The minimum atomic E-state index is -3.83. The Kier molecular flexibility index (Phi) is 4.37. The molecule has 4 bridgehead atoms. The number of hydrogen-bond acceptors (Lipinski definition) is 4. The van der Waals surface area contributed by atoms with Crippen molar-refractivity contribution in [3.63, 3.8) is 0 Å². The van der Waals surface area contributed by atoms with Gasteiger partial charge in [-0.1, -0.05) is 13.8 Å². The summed E-state index contributed by atoms with van der Waals surface area (Å²) in [6.45, 7) is 3.04. The average molecular weight is 344 g/mol. The molecule has 4 saturated carbocycles. The Morgan fingerprint density at radius 2 is 1.50 bits per heavy atom. The van der Waals surface area contributed by atoms with Crippen molar-refractivity contribution in [2.45, 2.75) is 64.4 Å². The van der Waals surface area contributed by atoms with Crippen LogP contribution in [0.5, 0.6) is 0 Å². The molecule has 0 saturated heterocycles. The lowest BCUT2D eigenvalue weighted by atomic mass is 9.49. The number of methoxy groups -OCH3 is 1. The maximum absolute atomic E-state index is 14.3. The molecule has 0 heterocycles. The van der Waals surface area contributed by atoms with Crippen molar-refractivity contribution in [3.05, 3.63) is 0 Å². The Bertz CT molecular complexity index is 494. The summed E-state index contributed by atoms with van der Waals surface area (Å²) >= 11 is 0. The van der Waals surface area contributed by atoms with Crippen molar-refractivity contribution in [2.24, 2.45) is 29.1 Å². The number of alkyl halides is 2. The van der Waals surface area contributed by atoms with Gasteiger partial charge in [-0.25, -0.2) is 4.79 Å². The molecule has 136 valence electrons. The molecule has 1 atom stereocenters. The van der Waals surface area contributed by atoms with E-state index < -0.39 is 35.3 Å². The highest BCUT2D eigenvalue weighted by Crippen LogP contribution is 2.60. The smallest absolute Gasteiger partial charge is 0.380 e. The number of carbonyl (C=O) groups is 2. The van der Waals surface area contributed by atoms with Crippen molar-refractivity contribution < 1.29 is 27.8 Å². The molecule has 0 N–H and O–H groups in total. The zero-order chi connectivity index (χ0) is 17.7. The van der Waals surface area contributed by atoms with Gasteiger partial charge in [0.25, 0.3) is 0 Å². The lowest BCUT2D eigenvalue weighted by molar-refractivity contribution is -0.212. The van der Waals surface area contributed by atoms with E-state index in [9.17, 15) is 18.4 Å². The van der Waals surface area contributed by atoms with Crippen LogP contribution in [0.2, 0.25) is 0 Å². The van der Waals surface area contributed by atoms with Crippen LogP contribution in [0, 0.1) is 29.1 Å². The van der Waals surface area contributed by atoms with Crippen molar-refractivity contribution in [2.75, 3.05) is 7.11 Å². The summed E-state index contributed by atoms with van der Waals surface area (Å²) in [5, 5.41) is 0. The van der Waals surface area contributed by atoms with Crippen LogP contribution in [0.25, 0.3) is 0 Å². The van der Waals surface area contributed by atoms with Crippen molar-refractivity contribution in [1.29, 1.82) is 0 Å². The molecule has 6 heteroatoms. The van der Waals surface area contributed by atoms with E-state index in [1.54, 1.807) is 0 Å². The minimum Gasteiger partial charge on any atom is -0.464 e. The van der Waals surface area contributed by atoms with E-state index in [1.165, 1.54) is 13.8 Å². The summed E-state index contributed by atoms with van der Waals surface area (Å²) in [4.78, 5) is 24.3. The van der Waals surface area contributed by atoms with Crippen LogP contribution in [0.4, 0.5) is 8.78 Å². The Morgan fingerprint density at radius 3 is 1.88 bits per heavy atom. The van der Waals surface area contributed by atoms with Gasteiger partial charge in [0.2, 0.25) is 0 Å². The summed E-state index contributed by atoms with van der Waals surface area (Å²) < 4.78 is 38.1. The van der Waals surface area contributed by atoms with Gasteiger partial charge in [0.05, 0.1) is 12.5 Å². The Hall–Kier alpha value is -1.20. The molecule has 4 aliphatic carbocycles. The van der Waals surface area contributed by atoms with Gasteiger partial charge >= 0.3 is 17.9 Å². The third-order valence-electron chi connectivity index (χ3n) is 6.13. The summed E-state index contributed by atoms with van der Waals surface area (Å²) in [6.07, 6.45) is 3.89. The van der Waals surface area contributed by atoms with Crippen LogP contribution < -0.4 is 0 Å². The minimum absolute atomic E-state index is 0.516. The van der Waals surface area contributed by atoms with E-state index >= 15 is 0 Å². The second kappa shape index (κ2) is 5.95. The fraction of sp³-hybridized carbons (Fsp3) is 0.889. The van der Waals surface area contributed by atoms with Crippen LogP contribution in [0.15, 0.2) is 0 Å². The molecule has 24 heavy (non-hydrogen) atoms. The number of hydrogen-bond donors (Lipinski definition) is 0. The molecule has 4 fully saturated rings. The number of rotatable bonds is 5. The van der Waals surface area contributed by atoms with Gasteiger partial charge in [-0.05, 0) is 62.2 Å². The number of carbonyl (C=O) groups excluding carboxylic acids is 2. The maximum atomic E-state index is 14.3. The summed E-state index contributed by atoms with van der Waals surface area (Å²) in [5.41, 5.74) is -0.617. The lowest BCUT2D eigenvalue weighted by Crippen LogP contribution is -2.54. The van der Waals surface area contributed by atoms with E-state index in [-0.39, 0.29) is 0 Å². The van der Waals surface area contributed by atoms with E-state index in [0.717, 1.165) is 45.6 Å². The van der Waals surface area contributed by atoms with E-state index in [1.807, 2.05) is 0 Å². The van der Waals surface area contributed by atoms with Crippen molar-refractivity contribution in [3.8, 4) is 0 Å². The Morgan fingerprint density at radius 1 is 1.04 bits per heavy atom. The summed E-state index contributed by atoms with van der Waals surface area (Å²) in [5.74, 6) is -5.16. The lowest BCUT2D eigenvalue weighted by Gasteiger charge is -2.55. The maximum Gasteiger partial charge on any atom is 0.380 e. The molecule has 1 unspecified atom stereocenters. The van der Waals surface area contributed by atoms with Gasteiger partial charge in [0.15, 0.2) is 6.10 Å². The second-order valence-electron chi connectivity index (χ2n) is 8.38. The third kappa shape index (κ3) is 2.82. The van der Waals surface area contributed by atoms with Gasteiger partial charge in [-0.15, -0.1) is 0 Å². The van der Waals surface area contributed by atoms with Crippen molar-refractivity contribution in [1.82, 2.24) is 0 Å². The Labute approximate surface area is 141 Å².